The average molecular weight is 295 g/mol. The lowest BCUT2D eigenvalue weighted by Crippen LogP contribution is -2.25. The van der Waals surface area contributed by atoms with E-state index in [0.717, 1.165) is 12.2 Å². The van der Waals surface area contributed by atoms with Gasteiger partial charge >= 0.3 is 6.18 Å². The highest BCUT2D eigenvalue weighted by Crippen LogP contribution is 2.36. The maximum atomic E-state index is 12.6. The number of rotatable bonds is 3. The van der Waals surface area contributed by atoms with Crippen LogP contribution in [0.4, 0.5) is 18.9 Å². The van der Waals surface area contributed by atoms with Crippen molar-refractivity contribution in [3.63, 3.8) is 0 Å². The van der Waals surface area contributed by atoms with E-state index in [1.807, 2.05) is 18.2 Å². The summed E-state index contributed by atoms with van der Waals surface area (Å²) in [5.74, 6) is 0.823. The van der Waals surface area contributed by atoms with Crippen molar-refractivity contribution in [1.82, 2.24) is 9.55 Å². The molecule has 3 rings (SSSR count). The highest BCUT2D eigenvalue weighted by atomic mass is 19.4. The molecule has 1 aliphatic rings. The van der Waals surface area contributed by atoms with Crippen LogP contribution in [0.2, 0.25) is 0 Å². The van der Waals surface area contributed by atoms with E-state index in [4.69, 9.17) is 0 Å². The monoisotopic (exact) mass is 295 g/mol. The molecule has 112 valence electrons. The van der Waals surface area contributed by atoms with Crippen LogP contribution in [0, 0.1) is 0 Å². The van der Waals surface area contributed by atoms with Gasteiger partial charge in [0.25, 0.3) is 0 Å². The Morgan fingerprint density at radius 1 is 1.29 bits per heavy atom. The molecule has 0 fully saturated rings. The van der Waals surface area contributed by atoms with Gasteiger partial charge in [0.15, 0.2) is 0 Å². The van der Waals surface area contributed by atoms with E-state index in [-0.39, 0.29) is 0 Å². The van der Waals surface area contributed by atoms with Crippen molar-refractivity contribution >= 4 is 5.69 Å². The molecule has 0 bridgehead atoms. The summed E-state index contributed by atoms with van der Waals surface area (Å²) < 4.78 is 38.8. The van der Waals surface area contributed by atoms with Crippen molar-refractivity contribution in [1.29, 1.82) is 0 Å². The molecule has 0 saturated heterocycles. The van der Waals surface area contributed by atoms with Gasteiger partial charge in [-0.2, -0.15) is 13.2 Å². The van der Waals surface area contributed by atoms with E-state index >= 15 is 0 Å². The third kappa shape index (κ3) is 2.89. The Morgan fingerprint density at radius 3 is 2.81 bits per heavy atom. The molecule has 0 amide bonds. The Bertz CT molecular complexity index is 633. The third-order valence-corrected chi connectivity index (χ3v) is 3.79. The summed E-state index contributed by atoms with van der Waals surface area (Å²) in [4.78, 5) is 6.18. The SMILES string of the molecule is C[C@@H]1CN(Cc2nccn2CC(F)(F)F)c2ccccc21. The standard InChI is InChI=1S/C15H16F3N3/c1-11-8-21(13-5-3-2-4-12(11)13)9-14-19-6-7-20(14)10-15(16,17)18/h2-7,11H,8-10H2,1H3/t11-/m1/s1. The van der Waals surface area contributed by atoms with E-state index in [9.17, 15) is 13.2 Å². The van der Waals surface area contributed by atoms with Crippen LogP contribution in [-0.4, -0.2) is 22.3 Å². The molecule has 0 spiro atoms. The number of fused-ring (bicyclic) bond motifs is 1. The van der Waals surface area contributed by atoms with Gasteiger partial charge in [0.2, 0.25) is 0 Å². The van der Waals surface area contributed by atoms with Crippen LogP contribution in [-0.2, 0) is 13.1 Å². The fourth-order valence-electron chi connectivity index (χ4n) is 2.87. The number of benzene rings is 1. The molecule has 1 aliphatic heterocycles. The van der Waals surface area contributed by atoms with Gasteiger partial charge in [-0.1, -0.05) is 25.1 Å². The molecule has 0 unspecified atom stereocenters. The predicted octanol–water partition coefficient (Wildman–Crippen LogP) is 3.57. The number of anilines is 1. The summed E-state index contributed by atoms with van der Waals surface area (Å²) in [6, 6.07) is 8.02. The summed E-state index contributed by atoms with van der Waals surface area (Å²) in [5, 5.41) is 0. The lowest BCUT2D eigenvalue weighted by atomic mass is 10.0. The largest absolute Gasteiger partial charge is 0.406 e. The van der Waals surface area contributed by atoms with Gasteiger partial charge < -0.3 is 9.47 Å². The van der Waals surface area contributed by atoms with Gasteiger partial charge in [-0.25, -0.2) is 4.98 Å². The zero-order valence-corrected chi connectivity index (χ0v) is 11.6. The summed E-state index contributed by atoms with van der Waals surface area (Å²) >= 11 is 0. The maximum Gasteiger partial charge on any atom is 0.406 e. The number of hydrogen-bond donors (Lipinski definition) is 0. The minimum absolute atomic E-state index is 0.382. The van der Waals surface area contributed by atoms with Crippen LogP contribution >= 0.6 is 0 Å². The van der Waals surface area contributed by atoms with E-state index in [1.165, 1.54) is 22.5 Å². The second-order valence-corrected chi connectivity index (χ2v) is 5.43. The van der Waals surface area contributed by atoms with Gasteiger partial charge in [0.1, 0.15) is 12.4 Å². The van der Waals surface area contributed by atoms with Crippen LogP contribution in [0.3, 0.4) is 0 Å². The average Bonchev–Trinajstić information content (AvgIpc) is 2.95. The minimum atomic E-state index is -4.23. The van der Waals surface area contributed by atoms with Crippen molar-refractivity contribution in [2.24, 2.45) is 0 Å². The second kappa shape index (κ2) is 5.09. The number of aromatic nitrogens is 2. The number of imidazole rings is 1. The quantitative estimate of drug-likeness (QED) is 0.863. The molecule has 1 aromatic carbocycles. The Hall–Kier alpha value is -1.98. The normalized spacial score (nSPS) is 18.1. The molecular formula is C15H16F3N3. The summed E-state index contributed by atoms with van der Waals surface area (Å²) in [6.45, 7) is 2.33. The van der Waals surface area contributed by atoms with Crippen molar-refractivity contribution in [3.05, 3.63) is 48.0 Å². The van der Waals surface area contributed by atoms with Crippen LogP contribution in [0.15, 0.2) is 36.7 Å². The Labute approximate surface area is 121 Å². The number of para-hydroxylation sites is 1. The zero-order chi connectivity index (χ0) is 15.0. The first kappa shape index (κ1) is 14.0. The first-order chi connectivity index (χ1) is 9.94. The Morgan fingerprint density at radius 2 is 2.05 bits per heavy atom. The van der Waals surface area contributed by atoms with Gasteiger partial charge in [-0.3, -0.25) is 0 Å². The molecule has 2 heterocycles. The zero-order valence-electron chi connectivity index (χ0n) is 11.6. The van der Waals surface area contributed by atoms with E-state index in [2.05, 4.69) is 22.9 Å². The molecule has 1 atom stereocenters. The number of nitrogens with zero attached hydrogens (tertiary/aromatic N) is 3. The first-order valence-electron chi connectivity index (χ1n) is 6.84. The highest BCUT2D eigenvalue weighted by Gasteiger charge is 2.30. The predicted molar refractivity (Wildman–Crippen MR) is 74.2 cm³/mol. The summed E-state index contributed by atoms with van der Waals surface area (Å²) in [5.41, 5.74) is 2.33. The van der Waals surface area contributed by atoms with Crippen LogP contribution in [0.1, 0.15) is 24.2 Å². The smallest absolute Gasteiger partial charge is 0.363 e. The van der Waals surface area contributed by atoms with E-state index < -0.39 is 12.7 Å². The van der Waals surface area contributed by atoms with Gasteiger partial charge in [-0.15, -0.1) is 0 Å². The molecule has 0 aliphatic carbocycles. The molecule has 6 heteroatoms. The molecule has 0 saturated carbocycles. The summed E-state index contributed by atoms with van der Waals surface area (Å²) in [7, 11) is 0. The molecule has 1 aromatic heterocycles. The lowest BCUT2D eigenvalue weighted by molar-refractivity contribution is -0.141. The van der Waals surface area contributed by atoms with Crippen molar-refractivity contribution in [2.75, 3.05) is 11.4 Å². The maximum absolute atomic E-state index is 12.6. The van der Waals surface area contributed by atoms with Gasteiger partial charge in [0, 0.05) is 30.5 Å². The fraction of sp³-hybridized carbons (Fsp3) is 0.400. The lowest BCUT2D eigenvalue weighted by Gasteiger charge is -2.20. The third-order valence-electron chi connectivity index (χ3n) is 3.79. The van der Waals surface area contributed by atoms with Crippen molar-refractivity contribution in [2.45, 2.75) is 32.1 Å². The molecular weight excluding hydrogens is 279 g/mol. The number of hydrogen-bond acceptors (Lipinski definition) is 2. The van der Waals surface area contributed by atoms with Gasteiger partial charge in [-0.05, 0) is 11.6 Å². The molecule has 3 nitrogen and oxygen atoms in total. The Kier molecular flexibility index (Phi) is 3.39. The van der Waals surface area contributed by atoms with Crippen molar-refractivity contribution < 1.29 is 13.2 Å². The second-order valence-electron chi connectivity index (χ2n) is 5.43. The minimum Gasteiger partial charge on any atom is -0.363 e. The van der Waals surface area contributed by atoms with Crippen LogP contribution < -0.4 is 4.90 Å². The summed E-state index contributed by atoms with van der Waals surface area (Å²) in [6.07, 6.45) is -1.42. The van der Waals surface area contributed by atoms with E-state index in [1.54, 1.807) is 0 Å². The van der Waals surface area contributed by atoms with Crippen LogP contribution in [0.25, 0.3) is 0 Å². The Balaban J connectivity index is 1.81. The fourth-order valence-corrected chi connectivity index (χ4v) is 2.87. The number of halogens is 3. The molecule has 2 aromatic rings. The van der Waals surface area contributed by atoms with Gasteiger partial charge in [0.05, 0.1) is 6.54 Å². The molecule has 0 N–H and O–H groups in total. The first-order valence-corrected chi connectivity index (χ1v) is 6.84. The van der Waals surface area contributed by atoms with Crippen LogP contribution in [0.5, 0.6) is 0 Å². The van der Waals surface area contributed by atoms with Crippen molar-refractivity contribution in [3.8, 4) is 0 Å². The molecule has 0 radical (unpaired) electrons. The van der Waals surface area contributed by atoms with E-state index in [0.29, 0.717) is 18.3 Å². The topological polar surface area (TPSA) is 21.1 Å². The number of alkyl halides is 3. The highest BCUT2D eigenvalue weighted by molar-refractivity contribution is 5.59. The molecule has 21 heavy (non-hydrogen) atoms.